The largest absolute Gasteiger partial charge is 0.376 e. The molecule has 0 aliphatic carbocycles. The third kappa shape index (κ3) is 0.850. The highest BCUT2D eigenvalue weighted by atomic mass is 14.9. The third-order valence-electron chi connectivity index (χ3n) is 0.772. The lowest BCUT2D eigenvalue weighted by atomic mass is 10.4. The van der Waals surface area contributed by atoms with Crippen molar-refractivity contribution >= 4 is 5.71 Å². The first-order valence-corrected chi connectivity index (χ1v) is 2.20. The van der Waals surface area contributed by atoms with E-state index in [4.69, 9.17) is 5.26 Å². The summed E-state index contributed by atoms with van der Waals surface area (Å²) in [6.45, 7) is 0.507. The van der Waals surface area contributed by atoms with E-state index in [0.717, 1.165) is 0 Å². The quantitative estimate of drug-likeness (QED) is 0.466. The molecule has 3 heteroatoms. The molecular weight excluding hydrogens is 102 g/mol. The molecule has 8 heavy (non-hydrogen) atoms. The average molecular weight is 106 g/mol. The topological polar surface area (TPSA) is 48.2 Å². The summed E-state index contributed by atoms with van der Waals surface area (Å²) in [7, 11) is 0. The molecule has 0 spiro atoms. The SMILES string of the molecule is N#CC1=NC=[C]NC1. The first-order chi connectivity index (χ1) is 3.93. The summed E-state index contributed by atoms with van der Waals surface area (Å²) in [5.41, 5.74) is 0.503. The minimum atomic E-state index is 0.503. The predicted octanol–water partition coefficient (Wildman–Crippen LogP) is -0.171. The molecule has 1 aliphatic rings. The fourth-order valence-electron chi connectivity index (χ4n) is 0.405. The molecule has 1 rings (SSSR count). The van der Waals surface area contributed by atoms with Crippen molar-refractivity contribution in [2.24, 2.45) is 4.99 Å². The van der Waals surface area contributed by atoms with Crippen LogP contribution in [-0.2, 0) is 0 Å². The molecule has 0 bridgehead atoms. The first-order valence-electron chi connectivity index (χ1n) is 2.20. The number of nitriles is 1. The lowest BCUT2D eigenvalue weighted by molar-refractivity contribution is 0.960. The van der Waals surface area contributed by atoms with Gasteiger partial charge in [-0.1, -0.05) is 0 Å². The van der Waals surface area contributed by atoms with E-state index < -0.39 is 0 Å². The van der Waals surface area contributed by atoms with Gasteiger partial charge in [0.1, 0.15) is 11.8 Å². The van der Waals surface area contributed by atoms with Gasteiger partial charge in [0.2, 0.25) is 0 Å². The van der Waals surface area contributed by atoms with Crippen molar-refractivity contribution in [3.63, 3.8) is 0 Å². The van der Waals surface area contributed by atoms with Crippen LogP contribution in [0, 0.1) is 17.5 Å². The van der Waals surface area contributed by atoms with Gasteiger partial charge in [-0.2, -0.15) is 5.26 Å². The van der Waals surface area contributed by atoms with Gasteiger partial charge in [0.25, 0.3) is 0 Å². The molecule has 1 N–H and O–H groups in total. The number of nitrogens with one attached hydrogen (secondary N) is 1. The summed E-state index contributed by atoms with van der Waals surface area (Å²) in [5, 5.41) is 10.9. The van der Waals surface area contributed by atoms with Crippen molar-refractivity contribution < 1.29 is 0 Å². The normalized spacial score (nSPS) is 16.1. The van der Waals surface area contributed by atoms with Crippen LogP contribution in [0.25, 0.3) is 0 Å². The highest BCUT2D eigenvalue weighted by molar-refractivity contribution is 6.00. The number of rotatable bonds is 0. The Hall–Kier alpha value is -1.30. The van der Waals surface area contributed by atoms with Gasteiger partial charge in [-0.15, -0.1) is 0 Å². The Bertz CT molecular complexity index is 173. The highest BCUT2D eigenvalue weighted by Crippen LogP contribution is 1.82. The second kappa shape index (κ2) is 2.12. The van der Waals surface area contributed by atoms with Gasteiger partial charge < -0.3 is 5.32 Å². The molecule has 1 aliphatic heterocycles. The van der Waals surface area contributed by atoms with Crippen LogP contribution in [0.5, 0.6) is 0 Å². The Morgan fingerprint density at radius 2 is 2.88 bits per heavy atom. The number of hydrogen-bond acceptors (Lipinski definition) is 3. The number of hydrogen-bond donors (Lipinski definition) is 1. The van der Waals surface area contributed by atoms with Gasteiger partial charge in [0.15, 0.2) is 0 Å². The van der Waals surface area contributed by atoms with Crippen molar-refractivity contribution in [2.45, 2.75) is 0 Å². The fourth-order valence-corrected chi connectivity index (χ4v) is 0.405. The predicted molar refractivity (Wildman–Crippen MR) is 28.9 cm³/mol. The Labute approximate surface area is 47.3 Å². The lowest BCUT2D eigenvalue weighted by Crippen LogP contribution is -2.19. The summed E-state index contributed by atoms with van der Waals surface area (Å²) in [6, 6.07) is 1.92. The third-order valence-corrected chi connectivity index (χ3v) is 0.772. The van der Waals surface area contributed by atoms with Crippen molar-refractivity contribution in [1.29, 1.82) is 5.26 Å². The minimum absolute atomic E-state index is 0.503. The molecule has 0 aromatic rings. The fraction of sp³-hybridized carbons (Fsp3) is 0.200. The Balaban J connectivity index is 2.67. The van der Waals surface area contributed by atoms with E-state index in [2.05, 4.69) is 16.5 Å². The lowest BCUT2D eigenvalue weighted by Gasteiger charge is -1.98. The second-order valence-electron chi connectivity index (χ2n) is 1.31. The van der Waals surface area contributed by atoms with Gasteiger partial charge in [0, 0.05) is 0 Å². The zero-order valence-corrected chi connectivity index (χ0v) is 4.18. The van der Waals surface area contributed by atoms with Crippen molar-refractivity contribution in [2.75, 3.05) is 6.54 Å². The van der Waals surface area contributed by atoms with Gasteiger partial charge in [-0.05, 0) is 0 Å². The highest BCUT2D eigenvalue weighted by Gasteiger charge is 1.95. The Morgan fingerprint density at radius 3 is 3.25 bits per heavy atom. The monoisotopic (exact) mass is 106 g/mol. The summed E-state index contributed by atoms with van der Waals surface area (Å²) < 4.78 is 0. The molecule has 0 fully saturated rings. The smallest absolute Gasteiger partial charge is 0.136 e. The van der Waals surface area contributed by atoms with E-state index in [0.29, 0.717) is 12.3 Å². The van der Waals surface area contributed by atoms with E-state index in [-0.39, 0.29) is 0 Å². The summed E-state index contributed by atoms with van der Waals surface area (Å²) in [6.07, 6.45) is 4.08. The van der Waals surface area contributed by atoms with E-state index in [1.54, 1.807) is 0 Å². The van der Waals surface area contributed by atoms with Crippen LogP contribution < -0.4 is 5.32 Å². The molecular formula is C5H4N3. The number of aliphatic imine (C=N–C) groups is 1. The Morgan fingerprint density at radius 1 is 2.00 bits per heavy atom. The molecule has 0 saturated heterocycles. The summed E-state index contributed by atoms with van der Waals surface area (Å²) in [4.78, 5) is 3.70. The van der Waals surface area contributed by atoms with Gasteiger partial charge in [-0.3, -0.25) is 0 Å². The molecule has 0 amide bonds. The standard InChI is InChI=1S/C5H4N3/c6-3-5-4-7-1-2-8-5/h2,7H,4H2. The molecule has 0 atom stereocenters. The van der Waals surface area contributed by atoms with E-state index in [1.165, 1.54) is 6.20 Å². The number of nitrogens with zero attached hydrogens (tertiary/aromatic N) is 2. The maximum atomic E-state index is 8.22. The van der Waals surface area contributed by atoms with Crippen LogP contribution in [0.1, 0.15) is 0 Å². The molecule has 1 radical (unpaired) electrons. The van der Waals surface area contributed by atoms with Gasteiger partial charge in [-0.25, -0.2) is 4.99 Å². The maximum Gasteiger partial charge on any atom is 0.136 e. The first kappa shape index (κ1) is 4.85. The van der Waals surface area contributed by atoms with E-state index >= 15 is 0 Å². The maximum absolute atomic E-state index is 8.22. The molecule has 0 aromatic carbocycles. The van der Waals surface area contributed by atoms with Crippen molar-refractivity contribution in [3.05, 3.63) is 12.4 Å². The van der Waals surface area contributed by atoms with Crippen molar-refractivity contribution in [1.82, 2.24) is 5.32 Å². The van der Waals surface area contributed by atoms with Crippen LogP contribution in [0.2, 0.25) is 0 Å². The van der Waals surface area contributed by atoms with Crippen LogP contribution in [-0.4, -0.2) is 12.3 Å². The Kier molecular flexibility index (Phi) is 1.29. The second-order valence-corrected chi connectivity index (χ2v) is 1.31. The molecule has 3 nitrogen and oxygen atoms in total. The molecule has 39 valence electrons. The van der Waals surface area contributed by atoms with Gasteiger partial charge in [0.05, 0.1) is 18.9 Å². The molecule has 1 heterocycles. The summed E-state index contributed by atoms with van der Waals surface area (Å²) in [5.74, 6) is 0. The summed E-state index contributed by atoms with van der Waals surface area (Å²) >= 11 is 0. The van der Waals surface area contributed by atoms with E-state index in [9.17, 15) is 0 Å². The minimum Gasteiger partial charge on any atom is -0.376 e. The zero-order valence-electron chi connectivity index (χ0n) is 4.18. The van der Waals surface area contributed by atoms with Crippen LogP contribution in [0.15, 0.2) is 11.2 Å². The van der Waals surface area contributed by atoms with Crippen molar-refractivity contribution in [3.8, 4) is 6.07 Å². The van der Waals surface area contributed by atoms with Crippen LogP contribution in [0.4, 0.5) is 0 Å². The van der Waals surface area contributed by atoms with Crippen LogP contribution >= 0.6 is 0 Å². The zero-order chi connectivity index (χ0) is 5.82. The van der Waals surface area contributed by atoms with Crippen LogP contribution in [0.3, 0.4) is 0 Å². The van der Waals surface area contributed by atoms with E-state index in [1.807, 2.05) is 6.07 Å². The molecule has 0 unspecified atom stereocenters. The van der Waals surface area contributed by atoms with Gasteiger partial charge >= 0.3 is 0 Å². The molecule has 0 aromatic heterocycles. The average Bonchev–Trinajstić information content (AvgIpc) is 1.90. The molecule has 0 saturated carbocycles.